The van der Waals surface area contributed by atoms with Crippen molar-refractivity contribution < 1.29 is 24.2 Å². The van der Waals surface area contributed by atoms with E-state index in [0.717, 1.165) is 0 Å². The van der Waals surface area contributed by atoms with Gasteiger partial charge in [0.1, 0.15) is 0 Å². The molecule has 0 unspecified atom stereocenters. The molecule has 7 heteroatoms. The van der Waals surface area contributed by atoms with Gasteiger partial charge in [-0.1, -0.05) is 0 Å². The molecular weight excluding hydrogens is 342 g/mol. The molecule has 0 saturated heterocycles. The average Bonchev–Trinajstić information content (AvgIpc) is 2.90. The number of halogens is 1. The Morgan fingerprint density at radius 1 is 1.19 bits per heavy atom. The summed E-state index contributed by atoms with van der Waals surface area (Å²) in [6.07, 6.45) is 1.38. The van der Waals surface area contributed by atoms with E-state index in [-0.39, 0.29) is 24.6 Å². The van der Waals surface area contributed by atoms with E-state index in [9.17, 15) is 9.59 Å². The Bertz CT molecular complexity index is 650. The summed E-state index contributed by atoms with van der Waals surface area (Å²) in [5, 5.41) is 18.0. The predicted octanol–water partition coefficient (Wildman–Crippen LogP) is 2.38. The van der Waals surface area contributed by atoms with Crippen molar-refractivity contribution in [2.45, 2.75) is 0 Å². The number of carbonyl (C=O) groups excluding carboxylic acids is 1. The molecule has 0 bridgehead atoms. The van der Waals surface area contributed by atoms with E-state index in [1.165, 1.54) is 41.5 Å². The SMILES string of the molecule is O=C(O)c1ccc(N(CCO)C(=O)c2ccoc2Br)cc1. The third-order valence-corrected chi connectivity index (χ3v) is 3.46. The lowest BCUT2D eigenvalue weighted by Gasteiger charge is -2.21. The van der Waals surface area contributed by atoms with Crippen molar-refractivity contribution in [2.75, 3.05) is 18.1 Å². The van der Waals surface area contributed by atoms with Crippen molar-refractivity contribution in [1.82, 2.24) is 0 Å². The Hall–Kier alpha value is -2.12. The molecule has 2 rings (SSSR count). The normalized spacial score (nSPS) is 10.4. The van der Waals surface area contributed by atoms with E-state index < -0.39 is 5.97 Å². The third kappa shape index (κ3) is 3.32. The number of aliphatic hydroxyl groups is 1. The Balaban J connectivity index is 2.32. The van der Waals surface area contributed by atoms with Gasteiger partial charge >= 0.3 is 5.97 Å². The van der Waals surface area contributed by atoms with Crippen LogP contribution in [-0.2, 0) is 0 Å². The first-order valence-corrected chi connectivity index (χ1v) is 6.83. The fraction of sp³-hybridized carbons (Fsp3) is 0.143. The van der Waals surface area contributed by atoms with Gasteiger partial charge < -0.3 is 19.5 Å². The lowest BCUT2D eigenvalue weighted by Crippen LogP contribution is -2.33. The van der Waals surface area contributed by atoms with Crippen LogP contribution in [0.25, 0.3) is 0 Å². The average molecular weight is 354 g/mol. The van der Waals surface area contributed by atoms with Crippen LogP contribution < -0.4 is 4.90 Å². The number of carboxylic acid groups (broad SMARTS) is 1. The number of hydrogen-bond acceptors (Lipinski definition) is 4. The first-order chi connectivity index (χ1) is 10.0. The van der Waals surface area contributed by atoms with E-state index in [1.54, 1.807) is 0 Å². The molecule has 0 atom stereocenters. The van der Waals surface area contributed by atoms with Gasteiger partial charge in [0.25, 0.3) is 5.91 Å². The topological polar surface area (TPSA) is 91.0 Å². The maximum Gasteiger partial charge on any atom is 0.335 e. The van der Waals surface area contributed by atoms with Crippen LogP contribution in [0.15, 0.2) is 45.7 Å². The Morgan fingerprint density at radius 2 is 1.86 bits per heavy atom. The number of carboxylic acids is 1. The number of nitrogens with zero attached hydrogens (tertiary/aromatic N) is 1. The number of aromatic carboxylic acids is 1. The van der Waals surface area contributed by atoms with Crippen LogP contribution in [0, 0.1) is 0 Å². The fourth-order valence-corrected chi connectivity index (χ4v) is 2.23. The minimum absolute atomic E-state index is 0.0862. The number of furan rings is 1. The summed E-state index contributed by atoms with van der Waals surface area (Å²) < 4.78 is 5.33. The highest BCUT2D eigenvalue weighted by atomic mass is 79.9. The molecule has 6 nitrogen and oxygen atoms in total. The van der Waals surface area contributed by atoms with Crippen LogP contribution in [-0.4, -0.2) is 35.2 Å². The van der Waals surface area contributed by atoms with E-state index in [1.807, 2.05) is 0 Å². The third-order valence-electron chi connectivity index (χ3n) is 2.84. The van der Waals surface area contributed by atoms with Gasteiger partial charge in [-0.2, -0.15) is 0 Å². The molecular formula is C14H12BrNO5. The molecule has 1 aromatic heterocycles. The molecule has 21 heavy (non-hydrogen) atoms. The van der Waals surface area contributed by atoms with E-state index >= 15 is 0 Å². The highest BCUT2D eigenvalue weighted by Gasteiger charge is 2.21. The number of aliphatic hydroxyl groups excluding tert-OH is 1. The van der Waals surface area contributed by atoms with Crippen LogP contribution in [0.1, 0.15) is 20.7 Å². The number of carbonyl (C=O) groups is 2. The van der Waals surface area contributed by atoms with Crippen molar-refractivity contribution in [2.24, 2.45) is 0 Å². The second-order valence-corrected chi connectivity index (χ2v) is 4.86. The van der Waals surface area contributed by atoms with Crippen molar-refractivity contribution in [3.63, 3.8) is 0 Å². The summed E-state index contributed by atoms with van der Waals surface area (Å²) in [6.45, 7) is -0.134. The molecule has 0 aliphatic carbocycles. The molecule has 1 heterocycles. The highest BCUT2D eigenvalue weighted by Crippen LogP contribution is 2.23. The van der Waals surface area contributed by atoms with Gasteiger partial charge in [0.15, 0.2) is 4.67 Å². The number of rotatable bonds is 5. The lowest BCUT2D eigenvalue weighted by molar-refractivity contribution is 0.0696. The zero-order valence-corrected chi connectivity index (χ0v) is 12.4. The number of anilines is 1. The minimum atomic E-state index is -1.04. The van der Waals surface area contributed by atoms with Gasteiger partial charge in [0.2, 0.25) is 0 Å². The highest BCUT2D eigenvalue weighted by molar-refractivity contribution is 9.10. The molecule has 0 fully saturated rings. The van der Waals surface area contributed by atoms with Crippen LogP contribution in [0.5, 0.6) is 0 Å². The Morgan fingerprint density at radius 3 is 2.33 bits per heavy atom. The van der Waals surface area contributed by atoms with Gasteiger partial charge in [-0.3, -0.25) is 4.79 Å². The molecule has 1 aromatic carbocycles. The first-order valence-electron chi connectivity index (χ1n) is 6.03. The monoisotopic (exact) mass is 353 g/mol. The van der Waals surface area contributed by atoms with Gasteiger partial charge in [0.05, 0.1) is 24.0 Å². The smallest absolute Gasteiger partial charge is 0.335 e. The fourth-order valence-electron chi connectivity index (χ4n) is 1.82. The van der Waals surface area contributed by atoms with Crippen LogP contribution in [0.3, 0.4) is 0 Å². The second kappa shape index (κ2) is 6.55. The molecule has 0 aliphatic rings. The molecule has 0 saturated carbocycles. The molecule has 0 aliphatic heterocycles. The van der Waals surface area contributed by atoms with E-state index in [2.05, 4.69) is 15.9 Å². The number of amides is 1. The number of benzene rings is 1. The largest absolute Gasteiger partial charge is 0.478 e. The summed E-state index contributed by atoms with van der Waals surface area (Å²) in [5.41, 5.74) is 0.942. The molecule has 2 N–H and O–H groups in total. The zero-order valence-electron chi connectivity index (χ0n) is 10.8. The summed E-state index contributed by atoms with van der Waals surface area (Å²) in [4.78, 5) is 24.6. The first kappa shape index (κ1) is 15.3. The van der Waals surface area contributed by atoms with Crippen molar-refractivity contribution >= 4 is 33.5 Å². The van der Waals surface area contributed by atoms with Crippen molar-refractivity contribution in [3.05, 3.63) is 52.4 Å². The van der Waals surface area contributed by atoms with Crippen molar-refractivity contribution in [3.8, 4) is 0 Å². The summed E-state index contributed by atoms with van der Waals surface area (Å²) in [6, 6.07) is 7.36. The molecule has 0 radical (unpaired) electrons. The van der Waals surface area contributed by atoms with E-state index in [0.29, 0.717) is 15.9 Å². The van der Waals surface area contributed by atoms with Gasteiger partial charge in [-0.05, 0) is 46.3 Å². The summed E-state index contributed by atoms with van der Waals surface area (Å²) in [7, 11) is 0. The predicted molar refractivity (Wildman–Crippen MR) is 78.6 cm³/mol. The molecule has 0 spiro atoms. The van der Waals surface area contributed by atoms with Crippen LogP contribution >= 0.6 is 15.9 Å². The molecule has 1 amide bonds. The maximum atomic E-state index is 12.4. The van der Waals surface area contributed by atoms with Gasteiger partial charge in [-0.15, -0.1) is 0 Å². The Kier molecular flexibility index (Phi) is 4.77. The van der Waals surface area contributed by atoms with Crippen LogP contribution in [0.2, 0.25) is 0 Å². The lowest BCUT2D eigenvalue weighted by atomic mass is 10.2. The maximum absolute atomic E-state index is 12.4. The zero-order chi connectivity index (χ0) is 15.4. The van der Waals surface area contributed by atoms with Gasteiger partial charge in [-0.25, -0.2) is 4.79 Å². The quantitative estimate of drug-likeness (QED) is 0.860. The number of hydrogen-bond donors (Lipinski definition) is 2. The van der Waals surface area contributed by atoms with Gasteiger partial charge in [0, 0.05) is 12.2 Å². The van der Waals surface area contributed by atoms with E-state index in [4.69, 9.17) is 14.6 Å². The second-order valence-electron chi connectivity index (χ2n) is 4.14. The summed E-state index contributed by atoms with van der Waals surface area (Å²) >= 11 is 3.14. The molecule has 2 aromatic rings. The Labute approximate surface area is 128 Å². The molecule has 110 valence electrons. The van der Waals surface area contributed by atoms with Crippen molar-refractivity contribution in [1.29, 1.82) is 0 Å². The standard InChI is InChI=1S/C14H12BrNO5/c15-12-11(5-8-21-12)13(18)16(6-7-17)10-3-1-9(2-4-10)14(19)20/h1-5,8,17H,6-7H2,(H,19,20). The minimum Gasteiger partial charge on any atom is -0.478 e. The summed E-state index contributed by atoms with van der Waals surface area (Å²) in [5.74, 6) is -1.40. The van der Waals surface area contributed by atoms with Crippen LogP contribution in [0.4, 0.5) is 5.69 Å².